The van der Waals surface area contributed by atoms with E-state index in [9.17, 15) is 14.4 Å². The lowest BCUT2D eigenvalue weighted by atomic mass is 10.1. The minimum absolute atomic E-state index is 0.187. The Labute approximate surface area is 183 Å². The van der Waals surface area contributed by atoms with Crippen molar-refractivity contribution in [1.82, 2.24) is 14.3 Å². The fraction of sp³-hybridized carbons (Fsp3) is 0.125. The quantitative estimate of drug-likeness (QED) is 0.469. The molecule has 0 bridgehead atoms. The predicted octanol–water partition coefficient (Wildman–Crippen LogP) is 2.79. The number of aromatic nitrogens is 2. The minimum Gasteiger partial charge on any atom is -0.497 e. The van der Waals surface area contributed by atoms with Gasteiger partial charge in [0, 0.05) is 18.9 Å². The molecule has 0 spiro atoms. The van der Waals surface area contributed by atoms with Crippen LogP contribution in [0.4, 0.5) is 0 Å². The highest BCUT2D eigenvalue weighted by atomic mass is 16.5. The van der Waals surface area contributed by atoms with Gasteiger partial charge in [-0.2, -0.15) is 0 Å². The number of aromatic carboxylic acids is 1. The Hall–Kier alpha value is -4.33. The molecule has 8 nitrogen and oxygen atoms in total. The highest BCUT2D eigenvalue weighted by Crippen LogP contribution is 2.13. The molecule has 0 radical (unpaired) electrons. The van der Waals surface area contributed by atoms with Crippen molar-refractivity contribution in [2.45, 2.75) is 13.1 Å². The van der Waals surface area contributed by atoms with E-state index >= 15 is 0 Å². The van der Waals surface area contributed by atoms with Gasteiger partial charge in [-0.1, -0.05) is 24.3 Å². The topological polar surface area (TPSA) is 102 Å². The fourth-order valence-electron chi connectivity index (χ4n) is 3.40. The Morgan fingerprint density at radius 2 is 1.78 bits per heavy atom. The second kappa shape index (κ2) is 8.81. The first kappa shape index (κ1) is 20.9. The van der Waals surface area contributed by atoms with Crippen LogP contribution in [0.2, 0.25) is 0 Å². The van der Waals surface area contributed by atoms with E-state index in [1.54, 1.807) is 37.6 Å². The molecule has 2 aromatic heterocycles. The van der Waals surface area contributed by atoms with Crippen LogP contribution < -0.4 is 15.7 Å². The molecule has 4 aromatic rings. The molecule has 0 fully saturated rings. The first-order chi connectivity index (χ1) is 15.4. The van der Waals surface area contributed by atoms with Gasteiger partial charge in [-0.3, -0.25) is 13.8 Å². The van der Waals surface area contributed by atoms with Crippen LogP contribution in [-0.4, -0.2) is 33.1 Å². The number of methoxy groups -OCH3 is 1. The van der Waals surface area contributed by atoms with Gasteiger partial charge >= 0.3 is 11.7 Å². The lowest BCUT2D eigenvalue weighted by Crippen LogP contribution is -2.26. The molecule has 0 unspecified atom stereocenters. The molecule has 0 aliphatic rings. The Morgan fingerprint density at radius 1 is 1.00 bits per heavy atom. The molecule has 2 N–H and O–H groups in total. The number of carboxylic acid groups (broad SMARTS) is 1. The van der Waals surface area contributed by atoms with Gasteiger partial charge in [-0.05, 0) is 47.5 Å². The summed E-state index contributed by atoms with van der Waals surface area (Å²) in [6.45, 7) is 0.614. The van der Waals surface area contributed by atoms with Gasteiger partial charge in [0.25, 0.3) is 5.91 Å². The standard InChI is InChI=1S/C24H21N3O5/c1-32-21-4-2-3-17(11-21)13-25-22(28)19-12-20-9-10-26(24(31)27(20)15-19)14-16-5-7-18(8-6-16)23(29)30/h2-12,15H,13-14H2,1H3,(H,25,28)(H,29,30). The van der Waals surface area contributed by atoms with Gasteiger partial charge in [-0.25, -0.2) is 9.59 Å². The highest BCUT2D eigenvalue weighted by Gasteiger charge is 2.12. The molecule has 0 saturated heterocycles. The molecule has 2 aromatic carbocycles. The van der Waals surface area contributed by atoms with E-state index < -0.39 is 5.97 Å². The Bertz CT molecular complexity index is 1350. The molecule has 32 heavy (non-hydrogen) atoms. The maximum atomic E-state index is 12.9. The molecule has 0 aliphatic heterocycles. The van der Waals surface area contributed by atoms with Crippen LogP contribution in [-0.2, 0) is 13.1 Å². The van der Waals surface area contributed by atoms with Crippen molar-refractivity contribution >= 4 is 17.4 Å². The Kier molecular flexibility index (Phi) is 5.76. The SMILES string of the molecule is COc1cccc(CNC(=O)c2cc3ccn(Cc4ccc(C(=O)O)cc4)c(=O)n3c2)c1. The summed E-state index contributed by atoms with van der Waals surface area (Å²) in [4.78, 5) is 36.5. The van der Waals surface area contributed by atoms with Crippen LogP contribution in [0.15, 0.2) is 77.9 Å². The third-order valence-corrected chi connectivity index (χ3v) is 5.13. The van der Waals surface area contributed by atoms with Crippen LogP contribution in [0.1, 0.15) is 31.8 Å². The number of nitrogens with zero attached hydrogens (tertiary/aromatic N) is 2. The van der Waals surface area contributed by atoms with E-state index in [0.29, 0.717) is 23.4 Å². The number of nitrogens with one attached hydrogen (secondary N) is 1. The van der Waals surface area contributed by atoms with E-state index in [4.69, 9.17) is 9.84 Å². The molecule has 2 heterocycles. The summed E-state index contributed by atoms with van der Waals surface area (Å²) < 4.78 is 8.11. The zero-order valence-electron chi connectivity index (χ0n) is 17.3. The normalized spacial score (nSPS) is 10.8. The maximum Gasteiger partial charge on any atom is 0.335 e. The van der Waals surface area contributed by atoms with Crippen molar-refractivity contribution in [3.05, 3.63) is 106 Å². The number of hydrogen-bond donors (Lipinski definition) is 2. The molecule has 0 aliphatic carbocycles. The van der Waals surface area contributed by atoms with Gasteiger partial charge in [0.05, 0.1) is 30.3 Å². The highest BCUT2D eigenvalue weighted by molar-refractivity contribution is 5.95. The van der Waals surface area contributed by atoms with Gasteiger partial charge in [-0.15, -0.1) is 0 Å². The third-order valence-electron chi connectivity index (χ3n) is 5.13. The Morgan fingerprint density at radius 3 is 2.50 bits per heavy atom. The number of fused-ring (bicyclic) bond motifs is 1. The number of amides is 1. The molecule has 1 amide bonds. The van der Waals surface area contributed by atoms with Gasteiger partial charge in [0.2, 0.25) is 0 Å². The lowest BCUT2D eigenvalue weighted by molar-refractivity contribution is 0.0696. The van der Waals surface area contributed by atoms with Crippen molar-refractivity contribution in [2.24, 2.45) is 0 Å². The maximum absolute atomic E-state index is 12.9. The van der Waals surface area contributed by atoms with Crippen molar-refractivity contribution in [3.8, 4) is 5.75 Å². The van der Waals surface area contributed by atoms with Crippen molar-refractivity contribution in [2.75, 3.05) is 7.11 Å². The van der Waals surface area contributed by atoms with E-state index in [1.807, 2.05) is 24.3 Å². The smallest absolute Gasteiger partial charge is 0.335 e. The zero-order valence-corrected chi connectivity index (χ0v) is 17.3. The van der Waals surface area contributed by atoms with Crippen LogP contribution in [0.5, 0.6) is 5.75 Å². The number of carboxylic acids is 1. The summed E-state index contributed by atoms with van der Waals surface area (Å²) in [5.41, 5.74) is 2.58. The van der Waals surface area contributed by atoms with E-state index in [1.165, 1.54) is 27.3 Å². The third kappa shape index (κ3) is 4.39. The van der Waals surface area contributed by atoms with Crippen LogP contribution in [0, 0.1) is 0 Å². The minimum atomic E-state index is -1.00. The van der Waals surface area contributed by atoms with Crippen LogP contribution >= 0.6 is 0 Å². The summed E-state index contributed by atoms with van der Waals surface area (Å²) in [6.07, 6.45) is 3.17. The van der Waals surface area contributed by atoms with Gasteiger partial charge in [0.1, 0.15) is 5.75 Å². The predicted molar refractivity (Wildman–Crippen MR) is 118 cm³/mol. The first-order valence-corrected chi connectivity index (χ1v) is 9.89. The second-order valence-electron chi connectivity index (χ2n) is 7.29. The summed E-state index contributed by atoms with van der Waals surface area (Å²) in [6, 6.07) is 17.2. The molecule has 0 saturated carbocycles. The summed E-state index contributed by atoms with van der Waals surface area (Å²) >= 11 is 0. The first-order valence-electron chi connectivity index (χ1n) is 9.89. The second-order valence-corrected chi connectivity index (χ2v) is 7.29. The molecular weight excluding hydrogens is 410 g/mol. The van der Waals surface area contributed by atoms with Crippen molar-refractivity contribution < 1.29 is 19.4 Å². The average Bonchev–Trinajstić information content (AvgIpc) is 3.25. The summed E-state index contributed by atoms with van der Waals surface area (Å²) in [7, 11) is 1.59. The van der Waals surface area contributed by atoms with Crippen molar-refractivity contribution in [1.29, 1.82) is 0 Å². The van der Waals surface area contributed by atoms with Gasteiger partial charge < -0.3 is 15.2 Å². The lowest BCUT2D eigenvalue weighted by Gasteiger charge is -2.07. The summed E-state index contributed by atoms with van der Waals surface area (Å²) in [5, 5.41) is 11.9. The molecule has 162 valence electrons. The zero-order chi connectivity index (χ0) is 22.7. The number of carbonyl (C=O) groups excluding carboxylic acids is 1. The molecule has 0 atom stereocenters. The number of carbonyl (C=O) groups is 2. The number of hydrogen-bond acceptors (Lipinski definition) is 4. The van der Waals surface area contributed by atoms with E-state index in [2.05, 4.69) is 5.32 Å². The molecule has 8 heteroatoms. The molecular formula is C24H21N3O5. The molecule has 4 rings (SSSR count). The van der Waals surface area contributed by atoms with Crippen molar-refractivity contribution in [3.63, 3.8) is 0 Å². The van der Waals surface area contributed by atoms with Crippen LogP contribution in [0.3, 0.4) is 0 Å². The van der Waals surface area contributed by atoms with Crippen LogP contribution in [0.25, 0.3) is 5.52 Å². The number of rotatable bonds is 7. The average molecular weight is 431 g/mol. The Balaban J connectivity index is 1.51. The van der Waals surface area contributed by atoms with E-state index in [0.717, 1.165) is 11.1 Å². The van der Waals surface area contributed by atoms with Gasteiger partial charge in [0.15, 0.2) is 0 Å². The number of benzene rings is 2. The largest absolute Gasteiger partial charge is 0.497 e. The number of ether oxygens (including phenoxy) is 1. The summed E-state index contributed by atoms with van der Waals surface area (Å²) in [5.74, 6) is -0.573. The monoisotopic (exact) mass is 431 g/mol. The fourth-order valence-corrected chi connectivity index (χ4v) is 3.40. The van der Waals surface area contributed by atoms with E-state index in [-0.39, 0.29) is 23.7 Å².